The Labute approximate surface area is 159 Å². The minimum absolute atomic E-state index is 0.167. The van der Waals surface area contributed by atoms with E-state index >= 15 is 0 Å². The monoisotopic (exact) mass is 388 g/mol. The molecule has 132 valence electrons. The van der Waals surface area contributed by atoms with E-state index in [1.165, 1.54) is 6.07 Å². The molecule has 0 saturated carbocycles. The number of amides is 1. The van der Waals surface area contributed by atoms with Gasteiger partial charge < -0.3 is 10.1 Å². The fraction of sp³-hybridized carbons (Fsp3) is 0.105. The molecule has 26 heavy (non-hydrogen) atoms. The van der Waals surface area contributed by atoms with E-state index in [-0.39, 0.29) is 10.8 Å². The van der Waals surface area contributed by atoms with E-state index in [4.69, 9.17) is 27.9 Å². The third-order valence-corrected chi connectivity index (χ3v) is 4.35. The SMILES string of the molecule is Cc1nc(NC(=O)COC(=O)c2ccc3ccccc3c2)c(Cl)cc1Cl. The van der Waals surface area contributed by atoms with Crippen molar-refractivity contribution in [2.75, 3.05) is 11.9 Å². The topological polar surface area (TPSA) is 68.3 Å². The first-order valence-corrected chi connectivity index (χ1v) is 8.48. The van der Waals surface area contributed by atoms with Gasteiger partial charge in [-0.05, 0) is 35.9 Å². The maximum absolute atomic E-state index is 12.1. The normalized spacial score (nSPS) is 10.6. The number of esters is 1. The first-order valence-electron chi connectivity index (χ1n) is 7.72. The van der Waals surface area contributed by atoms with Crippen LogP contribution in [0.25, 0.3) is 10.8 Å². The zero-order valence-corrected chi connectivity index (χ0v) is 15.3. The number of carbonyl (C=O) groups is 2. The summed E-state index contributed by atoms with van der Waals surface area (Å²) in [6.07, 6.45) is 0. The summed E-state index contributed by atoms with van der Waals surface area (Å²) in [5.41, 5.74) is 0.898. The van der Waals surface area contributed by atoms with Crippen LogP contribution in [0.4, 0.5) is 5.82 Å². The first-order chi connectivity index (χ1) is 12.4. The van der Waals surface area contributed by atoms with Crippen LogP contribution < -0.4 is 5.32 Å². The van der Waals surface area contributed by atoms with Crippen molar-refractivity contribution in [3.63, 3.8) is 0 Å². The minimum atomic E-state index is -0.586. The Balaban J connectivity index is 1.63. The Morgan fingerprint density at radius 2 is 1.77 bits per heavy atom. The number of aryl methyl sites for hydroxylation is 1. The molecule has 0 unspecified atom stereocenters. The fourth-order valence-electron chi connectivity index (χ4n) is 2.35. The summed E-state index contributed by atoms with van der Waals surface area (Å²) >= 11 is 11.9. The van der Waals surface area contributed by atoms with Crippen LogP contribution in [0.2, 0.25) is 10.0 Å². The Morgan fingerprint density at radius 3 is 2.54 bits per heavy atom. The number of pyridine rings is 1. The minimum Gasteiger partial charge on any atom is -0.452 e. The third kappa shape index (κ3) is 4.12. The average Bonchev–Trinajstić information content (AvgIpc) is 2.63. The number of rotatable bonds is 4. The number of carbonyl (C=O) groups excluding carboxylic acids is 2. The molecule has 0 radical (unpaired) electrons. The highest BCUT2D eigenvalue weighted by Crippen LogP contribution is 2.25. The summed E-state index contributed by atoms with van der Waals surface area (Å²) in [4.78, 5) is 28.2. The molecule has 1 N–H and O–H groups in total. The molecule has 0 fully saturated rings. The van der Waals surface area contributed by atoms with Gasteiger partial charge in [-0.3, -0.25) is 4.79 Å². The summed E-state index contributed by atoms with van der Waals surface area (Å²) < 4.78 is 5.06. The molecule has 5 nitrogen and oxygen atoms in total. The molecular weight excluding hydrogens is 375 g/mol. The van der Waals surface area contributed by atoms with Crippen LogP contribution in [-0.2, 0) is 9.53 Å². The van der Waals surface area contributed by atoms with Gasteiger partial charge in [-0.15, -0.1) is 0 Å². The highest BCUT2D eigenvalue weighted by Gasteiger charge is 2.13. The lowest BCUT2D eigenvalue weighted by Crippen LogP contribution is -2.21. The molecule has 0 saturated heterocycles. The van der Waals surface area contributed by atoms with Crippen molar-refractivity contribution >= 4 is 51.7 Å². The molecule has 3 rings (SSSR count). The number of anilines is 1. The van der Waals surface area contributed by atoms with Gasteiger partial charge in [0.2, 0.25) is 0 Å². The van der Waals surface area contributed by atoms with Gasteiger partial charge in [0.1, 0.15) is 0 Å². The molecule has 1 aromatic heterocycles. The van der Waals surface area contributed by atoms with Gasteiger partial charge in [0, 0.05) is 0 Å². The number of hydrogen-bond acceptors (Lipinski definition) is 4. The van der Waals surface area contributed by atoms with E-state index in [1.807, 2.05) is 30.3 Å². The van der Waals surface area contributed by atoms with Crippen LogP contribution in [0.1, 0.15) is 16.1 Å². The van der Waals surface area contributed by atoms with Gasteiger partial charge in [-0.2, -0.15) is 0 Å². The van der Waals surface area contributed by atoms with Crippen molar-refractivity contribution < 1.29 is 14.3 Å². The molecule has 0 spiro atoms. The summed E-state index contributed by atoms with van der Waals surface area (Å²) in [6, 6.07) is 14.3. The van der Waals surface area contributed by atoms with Crippen molar-refractivity contribution in [2.45, 2.75) is 6.92 Å². The van der Waals surface area contributed by atoms with Gasteiger partial charge in [0.05, 0.1) is 21.3 Å². The zero-order valence-electron chi connectivity index (χ0n) is 13.8. The quantitative estimate of drug-likeness (QED) is 0.660. The Hall–Kier alpha value is -2.63. The summed E-state index contributed by atoms with van der Waals surface area (Å²) in [6.45, 7) is 1.24. The lowest BCUT2D eigenvalue weighted by molar-refractivity contribution is -0.119. The number of ether oxygens (including phenoxy) is 1. The van der Waals surface area contributed by atoms with Gasteiger partial charge in [0.25, 0.3) is 5.91 Å². The number of fused-ring (bicyclic) bond motifs is 1. The highest BCUT2D eigenvalue weighted by atomic mass is 35.5. The van der Waals surface area contributed by atoms with Gasteiger partial charge in [-0.1, -0.05) is 53.5 Å². The molecule has 3 aromatic rings. The molecule has 0 aliphatic rings. The van der Waals surface area contributed by atoms with E-state index in [0.717, 1.165) is 10.8 Å². The molecule has 7 heteroatoms. The Morgan fingerprint density at radius 1 is 1.04 bits per heavy atom. The average molecular weight is 389 g/mol. The van der Waals surface area contributed by atoms with Crippen LogP contribution in [0.15, 0.2) is 48.5 Å². The van der Waals surface area contributed by atoms with Crippen LogP contribution in [0, 0.1) is 6.92 Å². The van der Waals surface area contributed by atoms with Crippen molar-refractivity contribution in [1.29, 1.82) is 0 Å². The number of halogens is 2. The smallest absolute Gasteiger partial charge is 0.338 e. The van der Waals surface area contributed by atoms with Gasteiger partial charge in [-0.25, -0.2) is 9.78 Å². The lowest BCUT2D eigenvalue weighted by atomic mass is 10.1. The summed E-state index contributed by atoms with van der Waals surface area (Å²) in [5.74, 6) is -0.965. The van der Waals surface area contributed by atoms with E-state index < -0.39 is 18.5 Å². The molecule has 0 aliphatic carbocycles. The molecule has 0 bridgehead atoms. The molecule has 0 atom stereocenters. The number of aromatic nitrogens is 1. The second-order valence-corrected chi connectivity index (χ2v) is 6.39. The van der Waals surface area contributed by atoms with Crippen LogP contribution >= 0.6 is 23.2 Å². The molecular formula is C19H14Cl2N2O3. The van der Waals surface area contributed by atoms with Crippen LogP contribution in [-0.4, -0.2) is 23.5 Å². The number of nitrogens with zero attached hydrogens (tertiary/aromatic N) is 1. The van der Waals surface area contributed by atoms with Crippen molar-refractivity contribution in [1.82, 2.24) is 4.98 Å². The highest BCUT2D eigenvalue weighted by molar-refractivity contribution is 6.36. The van der Waals surface area contributed by atoms with Crippen molar-refractivity contribution in [2.24, 2.45) is 0 Å². The summed E-state index contributed by atoms with van der Waals surface area (Å²) in [5, 5.41) is 5.03. The first kappa shape index (κ1) is 18.2. The zero-order chi connectivity index (χ0) is 18.7. The van der Waals surface area contributed by atoms with Gasteiger partial charge in [0.15, 0.2) is 12.4 Å². The second kappa shape index (κ2) is 7.72. The van der Waals surface area contributed by atoms with Crippen LogP contribution in [0.5, 0.6) is 0 Å². The van der Waals surface area contributed by atoms with E-state index in [2.05, 4.69) is 10.3 Å². The molecule has 1 heterocycles. The number of hydrogen-bond donors (Lipinski definition) is 1. The fourth-order valence-corrected chi connectivity index (χ4v) is 2.75. The standard InChI is InChI=1S/C19H14Cl2N2O3/c1-11-15(20)9-16(21)18(22-11)23-17(24)10-26-19(25)14-7-6-12-4-2-3-5-13(12)8-14/h2-9H,10H2,1H3,(H,22,23,24). The van der Waals surface area contributed by atoms with E-state index in [1.54, 1.807) is 19.1 Å². The van der Waals surface area contributed by atoms with Crippen molar-refractivity contribution in [3.05, 3.63) is 69.8 Å². The van der Waals surface area contributed by atoms with E-state index in [9.17, 15) is 9.59 Å². The predicted octanol–water partition coefficient (Wildman–Crippen LogP) is 4.65. The van der Waals surface area contributed by atoms with Gasteiger partial charge >= 0.3 is 5.97 Å². The summed E-state index contributed by atoms with van der Waals surface area (Å²) in [7, 11) is 0. The molecule has 0 aliphatic heterocycles. The number of benzene rings is 2. The van der Waals surface area contributed by atoms with Crippen LogP contribution in [0.3, 0.4) is 0 Å². The third-order valence-electron chi connectivity index (χ3n) is 3.68. The Bertz CT molecular complexity index is 1010. The molecule has 1 amide bonds. The Kier molecular flexibility index (Phi) is 5.40. The second-order valence-electron chi connectivity index (χ2n) is 5.57. The number of nitrogens with one attached hydrogen (secondary N) is 1. The van der Waals surface area contributed by atoms with Crippen molar-refractivity contribution in [3.8, 4) is 0 Å². The largest absolute Gasteiger partial charge is 0.452 e. The van der Waals surface area contributed by atoms with E-state index in [0.29, 0.717) is 16.3 Å². The maximum atomic E-state index is 12.1. The molecule has 2 aromatic carbocycles. The predicted molar refractivity (Wildman–Crippen MR) is 102 cm³/mol. The maximum Gasteiger partial charge on any atom is 0.338 e. The lowest BCUT2D eigenvalue weighted by Gasteiger charge is -2.09.